The number of carbonyl (C=O) groups excluding carboxylic acids is 1. The maximum absolute atomic E-state index is 12.3. The molecule has 7 nitrogen and oxygen atoms in total. The van der Waals surface area contributed by atoms with Crippen LogP contribution in [-0.4, -0.2) is 77.6 Å². The van der Waals surface area contributed by atoms with Crippen molar-refractivity contribution in [3.05, 3.63) is 23.8 Å². The van der Waals surface area contributed by atoms with Gasteiger partial charge in [0.2, 0.25) is 5.91 Å². The highest BCUT2D eigenvalue weighted by atomic mass is 32.2. The summed E-state index contributed by atoms with van der Waals surface area (Å²) in [7, 11) is 0. The topological polar surface area (TPSA) is 89.5 Å². The van der Waals surface area contributed by atoms with Crippen LogP contribution in [0.5, 0.6) is 0 Å². The quantitative estimate of drug-likeness (QED) is 0.656. The number of fused-ring (bicyclic) bond motifs is 1. The number of anilines is 1. The maximum Gasteiger partial charge on any atom is 0.240 e. The summed E-state index contributed by atoms with van der Waals surface area (Å²) in [6.07, 6.45) is 2.84. The average Bonchev–Trinajstić information content (AvgIpc) is 3.46. The van der Waals surface area contributed by atoms with E-state index in [1.807, 2.05) is 23.1 Å². The molecule has 0 bridgehead atoms. The first-order valence-electron chi connectivity index (χ1n) is 10.5. The van der Waals surface area contributed by atoms with Crippen molar-refractivity contribution in [2.24, 2.45) is 5.73 Å². The van der Waals surface area contributed by atoms with E-state index in [2.05, 4.69) is 15.9 Å². The lowest BCUT2D eigenvalue weighted by molar-refractivity contribution is -0.131. The van der Waals surface area contributed by atoms with Crippen molar-refractivity contribution in [2.75, 3.05) is 55.8 Å². The molecule has 9 heteroatoms. The predicted molar refractivity (Wildman–Crippen MR) is 124 cm³/mol. The lowest BCUT2D eigenvalue weighted by Crippen LogP contribution is -2.46. The summed E-state index contributed by atoms with van der Waals surface area (Å²) < 4.78 is 1.13. The monoisotopic (exact) mass is 444 g/mol. The zero-order valence-corrected chi connectivity index (χ0v) is 18.8. The molecule has 30 heavy (non-hydrogen) atoms. The number of nitrogens with zero attached hydrogens (tertiary/aromatic N) is 5. The van der Waals surface area contributed by atoms with Gasteiger partial charge in [-0.15, -0.1) is 11.8 Å². The highest BCUT2D eigenvalue weighted by Crippen LogP contribution is 2.30. The van der Waals surface area contributed by atoms with Crippen molar-refractivity contribution in [1.82, 2.24) is 14.8 Å². The number of rotatable bonds is 7. The second-order valence-corrected chi connectivity index (χ2v) is 9.94. The van der Waals surface area contributed by atoms with Crippen LogP contribution in [0.3, 0.4) is 0 Å². The highest BCUT2D eigenvalue weighted by Gasteiger charge is 2.24. The third kappa shape index (κ3) is 5.06. The van der Waals surface area contributed by atoms with Crippen molar-refractivity contribution in [1.29, 1.82) is 5.26 Å². The Morgan fingerprint density at radius 3 is 2.80 bits per heavy atom. The molecule has 1 atom stereocenters. The van der Waals surface area contributed by atoms with Crippen LogP contribution in [0.2, 0.25) is 0 Å². The standard InChI is InChI=1S/C21H28N6OS2/c22-14-16-4-5-19-18(13-16)24-21(30-19)26-9-7-25(8-10-26)6-2-1-3-17(23)20(28)27-11-12-29-15-27/h4-5,13,17H,1-3,6-12,15,23H2. The average molecular weight is 445 g/mol. The Morgan fingerprint density at radius 1 is 1.23 bits per heavy atom. The number of thioether (sulfide) groups is 1. The Balaban J connectivity index is 1.18. The number of carbonyl (C=O) groups is 1. The minimum Gasteiger partial charge on any atom is -0.345 e. The van der Waals surface area contributed by atoms with Crippen LogP contribution < -0.4 is 10.6 Å². The molecule has 2 N–H and O–H groups in total. The SMILES string of the molecule is N#Cc1ccc2sc(N3CCN(CCCCC(N)C(=O)N4CCSC4)CC3)nc2c1. The molecule has 1 unspecified atom stereocenters. The fourth-order valence-corrected chi connectivity index (χ4v) is 5.88. The summed E-state index contributed by atoms with van der Waals surface area (Å²) in [5.74, 6) is 1.94. The first-order valence-corrected chi connectivity index (χ1v) is 12.5. The minimum atomic E-state index is -0.346. The number of aromatic nitrogens is 1. The molecular formula is C21H28N6OS2. The van der Waals surface area contributed by atoms with Gasteiger partial charge in [0.05, 0.1) is 33.8 Å². The molecule has 1 amide bonds. The molecule has 2 aromatic rings. The smallest absolute Gasteiger partial charge is 0.240 e. The Labute approximate surface area is 185 Å². The van der Waals surface area contributed by atoms with Crippen LogP contribution in [0.15, 0.2) is 18.2 Å². The van der Waals surface area contributed by atoms with Gasteiger partial charge in [-0.05, 0) is 37.6 Å². The lowest BCUT2D eigenvalue weighted by atomic mass is 10.1. The van der Waals surface area contributed by atoms with E-state index in [-0.39, 0.29) is 11.9 Å². The molecule has 3 heterocycles. The number of nitrogens with two attached hydrogens (primary N) is 1. The van der Waals surface area contributed by atoms with E-state index in [9.17, 15) is 4.79 Å². The Morgan fingerprint density at radius 2 is 2.07 bits per heavy atom. The van der Waals surface area contributed by atoms with E-state index in [0.717, 1.165) is 85.5 Å². The fourth-order valence-electron chi connectivity index (χ4n) is 3.93. The number of amides is 1. The van der Waals surface area contributed by atoms with Crippen LogP contribution in [0.4, 0.5) is 5.13 Å². The summed E-state index contributed by atoms with van der Waals surface area (Å²) in [6.45, 7) is 5.88. The van der Waals surface area contributed by atoms with Crippen molar-refractivity contribution < 1.29 is 4.79 Å². The zero-order chi connectivity index (χ0) is 20.9. The van der Waals surface area contributed by atoms with E-state index in [4.69, 9.17) is 16.0 Å². The van der Waals surface area contributed by atoms with Gasteiger partial charge in [-0.25, -0.2) is 4.98 Å². The summed E-state index contributed by atoms with van der Waals surface area (Å²) in [6, 6.07) is 7.54. The van der Waals surface area contributed by atoms with Crippen LogP contribution in [0.25, 0.3) is 10.2 Å². The molecule has 2 saturated heterocycles. The van der Waals surface area contributed by atoms with Gasteiger partial charge in [-0.3, -0.25) is 9.69 Å². The lowest BCUT2D eigenvalue weighted by Gasteiger charge is -2.34. The Kier molecular flexibility index (Phi) is 7.10. The van der Waals surface area contributed by atoms with E-state index in [1.54, 1.807) is 23.1 Å². The van der Waals surface area contributed by atoms with Gasteiger partial charge in [0.1, 0.15) is 0 Å². The third-order valence-electron chi connectivity index (χ3n) is 5.77. The first kappa shape index (κ1) is 21.4. The largest absolute Gasteiger partial charge is 0.345 e. The molecule has 0 aliphatic carbocycles. The summed E-state index contributed by atoms with van der Waals surface area (Å²) in [4.78, 5) is 23.7. The van der Waals surface area contributed by atoms with Gasteiger partial charge in [0.15, 0.2) is 5.13 Å². The maximum atomic E-state index is 12.3. The Hall–Kier alpha value is -1.86. The fraction of sp³-hybridized carbons (Fsp3) is 0.571. The summed E-state index contributed by atoms with van der Waals surface area (Å²) in [5.41, 5.74) is 7.67. The van der Waals surface area contributed by atoms with Gasteiger partial charge in [0.25, 0.3) is 0 Å². The number of thiazole rings is 1. The number of unbranched alkanes of at least 4 members (excludes halogenated alkanes) is 1. The minimum absolute atomic E-state index is 0.117. The Bertz CT molecular complexity index is 912. The molecule has 0 spiro atoms. The van der Waals surface area contributed by atoms with Crippen LogP contribution in [0.1, 0.15) is 24.8 Å². The third-order valence-corrected chi connectivity index (χ3v) is 7.83. The van der Waals surface area contributed by atoms with Gasteiger partial charge in [0, 0.05) is 38.5 Å². The molecule has 0 radical (unpaired) electrons. The van der Waals surface area contributed by atoms with Crippen molar-refractivity contribution in [2.45, 2.75) is 25.3 Å². The van der Waals surface area contributed by atoms with Gasteiger partial charge in [-0.1, -0.05) is 17.8 Å². The molecule has 1 aromatic carbocycles. The van der Waals surface area contributed by atoms with Crippen LogP contribution >= 0.6 is 23.1 Å². The molecule has 0 saturated carbocycles. The second-order valence-electron chi connectivity index (χ2n) is 7.86. The van der Waals surface area contributed by atoms with E-state index < -0.39 is 0 Å². The predicted octanol–water partition coefficient (Wildman–Crippen LogP) is 2.32. The summed E-state index contributed by atoms with van der Waals surface area (Å²) in [5, 5.41) is 10.1. The van der Waals surface area contributed by atoms with Gasteiger partial charge < -0.3 is 15.5 Å². The number of nitriles is 1. The van der Waals surface area contributed by atoms with Crippen molar-refractivity contribution in [3.8, 4) is 6.07 Å². The van der Waals surface area contributed by atoms with Gasteiger partial charge in [-0.2, -0.15) is 5.26 Å². The van der Waals surface area contributed by atoms with Gasteiger partial charge >= 0.3 is 0 Å². The van der Waals surface area contributed by atoms with Crippen molar-refractivity contribution >= 4 is 44.4 Å². The van der Waals surface area contributed by atoms with E-state index in [0.29, 0.717) is 5.56 Å². The molecule has 2 aliphatic rings. The van der Waals surface area contributed by atoms with Crippen LogP contribution in [-0.2, 0) is 4.79 Å². The number of benzene rings is 1. The number of hydrogen-bond donors (Lipinski definition) is 1. The van der Waals surface area contributed by atoms with E-state index >= 15 is 0 Å². The molecule has 2 fully saturated rings. The van der Waals surface area contributed by atoms with Crippen molar-refractivity contribution in [3.63, 3.8) is 0 Å². The molecule has 160 valence electrons. The first-order chi connectivity index (χ1) is 14.6. The normalized spacial score (nSPS) is 18.7. The van der Waals surface area contributed by atoms with E-state index in [1.165, 1.54) is 0 Å². The molecule has 1 aromatic heterocycles. The molecule has 2 aliphatic heterocycles. The van der Waals surface area contributed by atoms with Crippen LogP contribution in [0, 0.1) is 11.3 Å². The molecule has 4 rings (SSSR count). The molecular weight excluding hydrogens is 416 g/mol. The second kappa shape index (κ2) is 9.96. The summed E-state index contributed by atoms with van der Waals surface area (Å²) >= 11 is 3.50. The number of hydrogen-bond acceptors (Lipinski definition) is 8. The highest BCUT2D eigenvalue weighted by molar-refractivity contribution is 7.99. The number of piperazine rings is 1. The zero-order valence-electron chi connectivity index (χ0n) is 17.1.